The molecular formula is C15H19N3O3S. The number of aliphatic carboxylic acids is 1. The monoisotopic (exact) mass is 321 g/mol. The quantitative estimate of drug-likeness (QED) is 0.928. The third kappa shape index (κ3) is 3.06. The molecule has 2 aromatic rings. The predicted molar refractivity (Wildman–Crippen MR) is 83.9 cm³/mol. The van der Waals surface area contributed by atoms with Crippen molar-refractivity contribution in [1.82, 2.24) is 14.8 Å². The van der Waals surface area contributed by atoms with Crippen molar-refractivity contribution in [2.75, 3.05) is 26.7 Å². The summed E-state index contributed by atoms with van der Waals surface area (Å²) < 4.78 is 5.74. The van der Waals surface area contributed by atoms with Crippen LogP contribution < -0.4 is 0 Å². The lowest BCUT2D eigenvalue weighted by Gasteiger charge is -2.36. The molecule has 0 spiro atoms. The second kappa shape index (κ2) is 6.20. The number of hydrogen-bond acceptors (Lipinski definition) is 6. The second-order valence-corrected chi connectivity index (χ2v) is 6.52. The van der Waals surface area contributed by atoms with Crippen molar-refractivity contribution < 1.29 is 14.3 Å². The minimum absolute atomic E-state index is 0.460. The molecule has 1 atom stereocenters. The lowest BCUT2D eigenvalue weighted by molar-refractivity contribution is -0.145. The van der Waals surface area contributed by atoms with Crippen LogP contribution in [0.5, 0.6) is 0 Å². The number of oxazole rings is 1. The van der Waals surface area contributed by atoms with Crippen LogP contribution in [0.25, 0.3) is 10.8 Å². The average Bonchev–Trinajstić information content (AvgIpc) is 3.11. The Balaban J connectivity index is 1.72. The number of aryl methyl sites for hydroxylation is 1. The van der Waals surface area contributed by atoms with Crippen LogP contribution in [0.1, 0.15) is 11.5 Å². The maximum Gasteiger partial charge on any atom is 0.322 e. The molecule has 0 aromatic carbocycles. The van der Waals surface area contributed by atoms with Crippen molar-refractivity contribution in [3.63, 3.8) is 0 Å². The number of aromatic nitrogens is 1. The lowest BCUT2D eigenvalue weighted by Crippen LogP contribution is -2.54. The van der Waals surface area contributed by atoms with E-state index in [2.05, 4.69) is 9.88 Å². The Labute approximate surface area is 133 Å². The summed E-state index contributed by atoms with van der Waals surface area (Å²) in [7, 11) is 1.85. The highest BCUT2D eigenvalue weighted by Crippen LogP contribution is 2.26. The van der Waals surface area contributed by atoms with Gasteiger partial charge in [-0.3, -0.25) is 14.6 Å². The number of piperazine rings is 1. The summed E-state index contributed by atoms with van der Waals surface area (Å²) in [6, 6.07) is 3.49. The number of carboxylic acid groups (broad SMARTS) is 1. The molecule has 0 amide bonds. The molecule has 1 aliphatic rings. The van der Waals surface area contributed by atoms with Gasteiger partial charge in [0.1, 0.15) is 11.8 Å². The van der Waals surface area contributed by atoms with E-state index >= 15 is 0 Å². The van der Waals surface area contributed by atoms with Crippen molar-refractivity contribution in [3.05, 3.63) is 29.0 Å². The van der Waals surface area contributed by atoms with Crippen molar-refractivity contribution in [1.29, 1.82) is 0 Å². The van der Waals surface area contributed by atoms with Crippen LogP contribution in [-0.2, 0) is 11.3 Å². The Morgan fingerprint density at radius 3 is 3.05 bits per heavy atom. The van der Waals surface area contributed by atoms with Gasteiger partial charge in [-0.05, 0) is 25.4 Å². The SMILES string of the molecule is Cc1oc(-c2cccs2)nc1CN1CCN(C)[C@@H](C(=O)O)C1. The third-order valence-corrected chi connectivity index (χ3v) is 4.87. The van der Waals surface area contributed by atoms with Gasteiger partial charge >= 0.3 is 5.97 Å². The van der Waals surface area contributed by atoms with E-state index in [9.17, 15) is 9.90 Å². The Bertz CT molecular complexity index is 653. The molecule has 2 aromatic heterocycles. The first-order chi connectivity index (χ1) is 10.5. The van der Waals surface area contributed by atoms with E-state index in [0.717, 1.165) is 29.4 Å². The average molecular weight is 321 g/mol. The molecular weight excluding hydrogens is 302 g/mol. The van der Waals surface area contributed by atoms with Crippen LogP contribution in [0.3, 0.4) is 0 Å². The normalized spacial score (nSPS) is 20.4. The number of carbonyl (C=O) groups is 1. The van der Waals surface area contributed by atoms with Crippen molar-refractivity contribution in [3.8, 4) is 10.8 Å². The second-order valence-electron chi connectivity index (χ2n) is 5.57. The molecule has 3 heterocycles. The van der Waals surface area contributed by atoms with Crippen molar-refractivity contribution >= 4 is 17.3 Å². The van der Waals surface area contributed by atoms with Gasteiger partial charge < -0.3 is 9.52 Å². The Kier molecular flexibility index (Phi) is 4.28. The molecule has 0 bridgehead atoms. The van der Waals surface area contributed by atoms with Crippen LogP contribution in [0.15, 0.2) is 21.9 Å². The summed E-state index contributed by atoms with van der Waals surface area (Å²) in [6.45, 7) is 4.61. The van der Waals surface area contributed by atoms with Gasteiger partial charge in [0.05, 0.1) is 10.6 Å². The molecule has 1 N–H and O–H groups in total. The highest BCUT2D eigenvalue weighted by atomic mass is 32.1. The fourth-order valence-electron chi connectivity index (χ4n) is 2.63. The van der Waals surface area contributed by atoms with Crippen LogP contribution in [0, 0.1) is 6.92 Å². The molecule has 1 aliphatic heterocycles. The molecule has 0 saturated carbocycles. The van der Waals surface area contributed by atoms with E-state index in [4.69, 9.17) is 4.42 Å². The summed E-state index contributed by atoms with van der Waals surface area (Å²) in [4.78, 5) is 20.9. The Morgan fingerprint density at radius 1 is 1.55 bits per heavy atom. The molecule has 6 nitrogen and oxygen atoms in total. The van der Waals surface area contributed by atoms with E-state index in [-0.39, 0.29) is 0 Å². The summed E-state index contributed by atoms with van der Waals surface area (Å²) in [6.07, 6.45) is 0. The summed E-state index contributed by atoms with van der Waals surface area (Å²) in [5.74, 6) is 0.670. The predicted octanol–water partition coefficient (Wildman–Crippen LogP) is 1.91. The van der Waals surface area contributed by atoms with Crippen molar-refractivity contribution in [2.24, 2.45) is 0 Å². The van der Waals surface area contributed by atoms with E-state index in [1.807, 2.05) is 36.4 Å². The molecule has 1 fully saturated rings. The number of nitrogens with zero attached hydrogens (tertiary/aromatic N) is 3. The fourth-order valence-corrected chi connectivity index (χ4v) is 3.28. The molecule has 1 saturated heterocycles. The topological polar surface area (TPSA) is 69.8 Å². The first-order valence-corrected chi connectivity index (χ1v) is 8.08. The smallest absolute Gasteiger partial charge is 0.322 e. The molecule has 0 unspecified atom stereocenters. The van der Waals surface area contributed by atoms with Crippen LogP contribution in [0.2, 0.25) is 0 Å². The van der Waals surface area contributed by atoms with Crippen LogP contribution >= 0.6 is 11.3 Å². The molecule has 0 radical (unpaired) electrons. The zero-order valence-corrected chi connectivity index (χ0v) is 13.5. The summed E-state index contributed by atoms with van der Waals surface area (Å²) >= 11 is 1.59. The lowest BCUT2D eigenvalue weighted by atomic mass is 10.1. The summed E-state index contributed by atoms with van der Waals surface area (Å²) in [5, 5.41) is 11.3. The number of hydrogen-bond donors (Lipinski definition) is 1. The van der Waals surface area contributed by atoms with Gasteiger partial charge in [-0.1, -0.05) is 6.07 Å². The van der Waals surface area contributed by atoms with E-state index in [0.29, 0.717) is 19.0 Å². The standard InChI is InChI=1S/C15H19N3O3S/c1-10-11(16-14(21-10)13-4-3-7-22-13)8-18-6-5-17(2)12(9-18)15(19)20/h3-4,7,12H,5-6,8-9H2,1-2H3,(H,19,20)/t12-/m1/s1. The van der Waals surface area contributed by atoms with Crippen LogP contribution in [-0.4, -0.2) is 58.6 Å². The maximum atomic E-state index is 11.3. The highest BCUT2D eigenvalue weighted by Gasteiger charge is 2.30. The van der Waals surface area contributed by atoms with E-state index < -0.39 is 12.0 Å². The summed E-state index contributed by atoms with van der Waals surface area (Å²) in [5.41, 5.74) is 0.886. The van der Waals surface area contributed by atoms with Crippen LogP contribution in [0.4, 0.5) is 0 Å². The zero-order chi connectivity index (χ0) is 15.7. The van der Waals surface area contributed by atoms with Gasteiger partial charge in [0, 0.05) is 26.2 Å². The number of carboxylic acids is 1. The minimum atomic E-state index is -0.775. The first-order valence-electron chi connectivity index (χ1n) is 7.20. The number of likely N-dealkylation sites (N-methyl/N-ethyl adjacent to an activating group) is 1. The molecule has 22 heavy (non-hydrogen) atoms. The van der Waals surface area contributed by atoms with Gasteiger partial charge in [0.15, 0.2) is 0 Å². The van der Waals surface area contributed by atoms with Crippen molar-refractivity contribution in [2.45, 2.75) is 19.5 Å². The molecule has 7 heteroatoms. The largest absolute Gasteiger partial charge is 0.480 e. The maximum absolute atomic E-state index is 11.3. The van der Waals surface area contributed by atoms with Gasteiger partial charge in [0.25, 0.3) is 0 Å². The highest BCUT2D eigenvalue weighted by molar-refractivity contribution is 7.13. The third-order valence-electron chi connectivity index (χ3n) is 4.02. The van der Waals surface area contributed by atoms with Gasteiger partial charge in [-0.25, -0.2) is 4.98 Å². The Hall–Kier alpha value is -1.70. The van der Waals surface area contributed by atoms with E-state index in [1.165, 1.54) is 0 Å². The van der Waals surface area contributed by atoms with Gasteiger partial charge in [-0.2, -0.15) is 0 Å². The van der Waals surface area contributed by atoms with Gasteiger partial charge in [-0.15, -0.1) is 11.3 Å². The van der Waals surface area contributed by atoms with Gasteiger partial charge in [0.2, 0.25) is 5.89 Å². The molecule has 0 aliphatic carbocycles. The number of rotatable bonds is 4. The molecule has 118 valence electrons. The molecule has 3 rings (SSSR count). The number of thiophene rings is 1. The fraction of sp³-hybridized carbons (Fsp3) is 0.467. The zero-order valence-electron chi connectivity index (χ0n) is 12.7. The van der Waals surface area contributed by atoms with E-state index in [1.54, 1.807) is 11.3 Å². The first kappa shape index (κ1) is 15.2. The minimum Gasteiger partial charge on any atom is -0.480 e. The Morgan fingerprint density at radius 2 is 2.36 bits per heavy atom.